The van der Waals surface area contributed by atoms with Gasteiger partial charge >= 0.3 is 0 Å². The number of methoxy groups -OCH3 is 1. The average molecular weight is 294 g/mol. The Hall–Kier alpha value is -1.82. The molecule has 0 amide bonds. The van der Waals surface area contributed by atoms with E-state index < -0.39 is 4.92 Å². The topological polar surface area (TPSA) is 73.6 Å². The molecule has 0 bridgehead atoms. The van der Waals surface area contributed by atoms with Crippen molar-refractivity contribution in [3.8, 4) is 5.75 Å². The van der Waals surface area contributed by atoms with Crippen molar-refractivity contribution in [3.05, 3.63) is 28.3 Å². The molecule has 0 aromatic heterocycles. The van der Waals surface area contributed by atoms with Crippen LogP contribution in [0.25, 0.3) is 0 Å². The zero-order chi connectivity index (χ0) is 15.4. The highest BCUT2D eigenvalue weighted by molar-refractivity contribution is 5.62. The van der Waals surface area contributed by atoms with Gasteiger partial charge in [-0.25, -0.2) is 0 Å². The van der Waals surface area contributed by atoms with Crippen molar-refractivity contribution < 1.29 is 14.4 Å². The predicted molar refractivity (Wildman–Crippen MR) is 80.9 cm³/mol. The van der Waals surface area contributed by atoms with Gasteiger partial charge in [-0.1, -0.05) is 13.8 Å². The summed E-state index contributed by atoms with van der Waals surface area (Å²) in [5.74, 6) is 1.08. The maximum atomic E-state index is 10.9. The summed E-state index contributed by atoms with van der Waals surface area (Å²) in [6.07, 6.45) is 2.00. The lowest BCUT2D eigenvalue weighted by atomic mass is 9.95. The fourth-order valence-corrected chi connectivity index (χ4v) is 2.57. The van der Waals surface area contributed by atoms with E-state index >= 15 is 0 Å². The smallest absolute Gasteiger partial charge is 0.271 e. The van der Waals surface area contributed by atoms with E-state index in [1.54, 1.807) is 13.2 Å². The van der Waals surface area contributed by atoms with Crippen molar-refractivity contribution in [1.82, 2.24) is 0 Å². The van der Waals surface area contributed by atoms with Gasteiger partial charge in [0.25, 0.3) is 5.69 Å². The fourth-order valence-electron chi connectivity index (χ4n) is 2.57. The Kier molecular flexibility index (Phi) is 5.01. The van der Waals surface area contributed by atoms with Gasteiger partial charge in [0.1, 0.15) is 5.75 Å². The van der Waals surface area contributed by atoms with Crippen molar-refractivity contribution in [2.75, 3.05) is 19.0 Å². The van der Waals surface area contributed by atoms with E-state index in [4.69, 9.17) is 9.47 Å². The van der Waals surface area contributed by atoms with Gasteiger partial charge in [-0.3, -0.25) is 10.1 Å². The number of rotatable bonds is 5. The first kappa shape index (κ1) is 15.6. The molecule has 0 spiro atoms. The number of benzene rings is 1. The van der Waals surface area contributed by atoms with Crippen LogP contribution in [0.15, 0.2) is 18.2 Å². The number of hydrogen-bond acceptors (Lipinski definition) is 5. The van der Waals surface area contributed by atoms with Crippen molar-refractivity contribution in [2.24, 2.45) is 5.92 Å². The zero-order valence-corrected chi connectivity index (χ0v) is 12.7. The molecule has 6 heteroatoms. The van der Waals surface area contributed by atoms with Crippen molar-refractivity contribution in [2.45, 2.75) is 38.8 Å². The van der Waals surface area contributed by atoms with E-state index in [9.17, 15) is 10.1 Å². The minimum atomic E-state index is -0.397. The molecule has 1 N–H and O–H groups in total. The third-order valence-electron chi connectivity index (χ3n) is 3.81. The lowest BCUT2D eigenvalue weighted by Gasteiger charge is -2.33. The number of nitrogens with zero attached hydrogens (tertiary/aromatic N) is 1. The highest BCUT2D eigenvalue weighted by Crippen LogP contribution is 2.31. The lowest BCUT2D eigenvalue weighted by molar-refractivity contribution is -0.384. The van der Waals surface area contributed by atoms with E-state index in [0.29, 0.717) is 24.0 Å². The van der Waals surface area contributed by atoms with Crippen LogP contribution in [0, 0.1) is 16.0 Å². The first-order valence-electron chi connectivity index (χ1n) is 7.21. The molecule has 1 aliphatic rings. The summed E-state index contributed by atoms with van der Waals surface area (Å²) < 4.78 is 11.0. The van der Waals surface area contributed by atoms with Gasteiger partial charge in [0, 0.05) is 24.8 Å². The van der Waals surface area contributed by atoms with Gasteiger partial charge in [0.05, 0.1) is 23.8 Å². The van der Waals surface area contributed by atoms with E-state index in [0.717, 1.165) is 12.8 Å². The highest BCUT2D eigenvalue weighted by Gasteiger charge is 2.25. The molecule has 0 saturated carbocycles. The highest BCUT2D eigenvalue weighted by atomic mass is 16.6. The summed E-state index contributed by atoms with van der Waals surface area (Å²) in [6.45, 7) is 4.99. The average Bonchev–Trinajstić information content (AvgIpc) is 2.47. The maximum Gasteiger partial charge on any atom is 0.271 e. The van der Waals surface area contributed by atoms with Crippen LogP contribution in [-0.2, 0) is 4.74 Å². The third-order valence-corrected chi connectivity index (χ3v) is 3.81. The third kappa shape index (κ3) is 3.85. The molecule has 2 rings (SSSR count). The van der Waals surface area contributed by atoms with Crippen LogP contribution in [0.5, 0.6) is 5.75 Å². The molecule has 1 aliphatic heterocycles. The minimum absolute atomic E-state index is 0.0609. The zero-order valence-electron chi connectivity index (χ0n) is 12.7. The predicted octanol–water partition coefficient (Wildman–Crippen LogP) is 3.22. The first-order valence-corrected chi connectivity index (χ1v) is 7.21. The summed E-state index contributed by atoms with van der Waals surface area (Å²) in [5.41, 5.74) is 0.729. The molecule has 0 aliphatic carbocycles. The Morgan fingerprint density at radius 3 is 2.86 bits per heavy atom. The quantitative estimate of drug-likeness (QED) is 0.666. The first-order chi connectivity index (χ1) is 10.0. The number of nitro groups is 1. The van der Waals surface area contributed by atoms with Crippen molar-refractivity contribution >= 4 is 11.4 Å². The van der Waals surface area contributed by atoms with Gasteiger partial charge in [-0.05, 0) is 24.8 Å². The van der Waals surface area contributed by atoms with Crippen molar-refractivity contribution in [3.63, 3.8) is 0 Å². The molecule has 1 fully saturated rings. The second-order valence-electron chi connectivity index (χ2n) is 5.66. The number of nitrogens with one attached hydrogen (secondary N) is 1. The summed E-state index contributed by atoms with van der Waals surface area (Å²) in [7, 11) is 1.56. The van der Waals surface area contributed by atoms with Crippen LogP contribution in [0.4, 0.5) is 11.4 Å². The van der Waals surface area contributed by atoms with Crippen molar-refractivity contribution in [1.29, 1.82) is 0 Å². The minimum Gasteiger partial charge on any atom is -0.495 e. The Balaban J connectivity index is 2.14. The van der Waals surface area contributed by atoms with Crippen LogP contribution in [0.2, 0.25) is 0 Å². The molecule has 0 radical (unpaired) electrons. The summed E-state index contributed by atoms with van der Waals surface area (Å²) in [6, 6.07) is 4.84. The van der Waals surface area contributed by atoms with Gasteiger partial charge in [0.2, 0.25) is 0 Å². The second-order valence-corrected chi connectivity index (χ2v) is 5.66. The number of anilines is 1. The van der Waals surface area contributed by atoms with Gasteiger partial charge in [0.15, 0.2) is 0 Å². The fraction of sp³-hybridized carbons (Fsp3) is 0.600. The Morgan fingerprint density at radius 2 is 2.24 bits per heavy atom. The van der Waals surface area contributed by atoms with Crippen LogP contribution >= 0.6 is 0 Å². The van der Waals surface area contributed by atoms with Gasteiger partial charge in [-0.2, -0.15) is 0 Å². The summed E-state index contributed by atoms with van der Waals surface area (Å²) >= 11 is 0. The van der Waals surface area contributed by atoms with Crippen LogP contribution in [0.1, 0.15) is 26.7 Å². The van der Waals surface area contributed by atoms with Crippen LogP contribution in [0.3, 0.4) is 0 Å². The van der Waals surface area contributed by atoms with E-state index in [2.05, 4.69) is 19.2 Å². The van der Waals surface area contributed by atoms with Gasteiger partial charge < -0.3 is 14.8 Å². The summed E-state index contributed by atoms with van der Waals surface area (Å²) in [5, 5.41) is 14.3. The number of hydrogen-bond donors (Lipinski definition) is 1. The molecule has 21 heavy (non-hydrogen) atoms. The molecule has 116 valence electrons. The Morgan fingerprint density at radius 1 is 1.48 bits per heavy atom. The molecular formula is C15H22N2O4. The molecule has 1 heterocycles. The van der Waals surface area contributed by atoms with E-state index in [1.165, 1.54) is 12.1 Å². The largest absolute Gasteiger partial charge is 0.495 e. The molecule has 1 aromatic rings. The number of non-ortho nitro benzene ring substituents is 1. The number of nitro benzene ring substituents is 1. The lowest BCUT2D eigenvalue weighted by Crippen LogP contribution is -2.36. The maximum absolute atomic E-state index is 10.9. The molecule has 1 aromatic carbocycles. The Bertz CT molecular complexity index is 504. The van der Waals surface area contributed by atoms with Gasteiger partial charge in [-0.15, -0.1) is 0 Å². The standard InChI is InChI=1S/C15H22N2O4/c1-10(2)15-8-11(6-7-21-15)16-13-9-12(17(18)19)4-5-14(13)20-3/h4-5,9-11,15-16H,6-8H2,1-3H3. The molecule has 2 atom stereocenters. The van der Waals surface area contributed by atoms with E-state index in [-0.39, 0.29) is 17.8 Å². The molecular weight excluding hydrogens is 272 g/mol. The molecule has 2 unspecified atom stereocenters. The van der Waals surface area contributed by atoms with Crippen LogP contribution in [-0.4, -0.2) is 30.8 Å². The van der Waals surface area contributed by atoms with E-state index in [1.807, 2.05) is 0 Å². The monoisotopic (exact) mass is 294 g/mol. The Labute approximate surface area is 124 Å². The van der Waals surface area contributed by atoms with Crippen LogP contribution < -0.4 is 10.1 Å². The number of ether oxygens (including phenoxy) is 2. The molecule has 1 saturated heterocycles. The normalized spacial score (nSPS) is 22.1. The summed E-state index contributed by atoms with van der Waals surface area (Å²) in [4.78, 5) is 10.5. The molecule has 6 nitrogen and oxygen atoms in total. The second kappa shape index (κ2) is 6.76. The SMILES string of the molecule is COc1ccc([N+](=O)[O-])cc1NC1CCOC(C(C)C)C1.